The molecule has 0 heterocycles. The van der Waals surface area contributed by atoms with Gasteiger partial charge in [0, 0.05) is 5.56 Å². The molecule has 0 aliphatic heterocycles. The van der Waals surface area contributed by atoms with Crippen molar-refractivity contribution in [3.63, 3.8) is 0 Å². The van der Waals surface area contributed by atoms with Crippen LogP contribution in [0.2, 0.25) is 0 Å². The van der Waals surface area contributed by atoms with Crippen molar-refractivity contribution in [1.29, 1.82) is 5.26 Å². The van der Waals surface area contributed by atoms with E-state index >= 15 is 0 Å². The van der Waals surface area contributed by atoms with Crippen LogP contribution in [-0.2, 0) is 14.4 Å². The quantitative estimate of drug-likeness (QED) is 0.250. The predicted molar refractivity (Wildman–Crippen MR) is 79.6 cm³/mol. The van der Waals surface area contributed by atoms with Crippen molar-refractivity contribution in [2.45, 2.75) is 4.90 Å². The molecule has 0 saturated heterocycles. The van der Waals surface area contributed by atoms with Gasteiger partial charge in [0.15, 0.2) is 33.9 Å². The maximum atomic E-state index is 13.6. The third-order valence-corrected chi connectivity index (χ3v) is 4.24. The average Bonchev–Trinajstić information content (AvgIpc) is 2.65. The average molecular weight is 406 g/mol. The molecule has 0 bridgehead atoms. The van der Waals surface area contributed by atoms with Crippen LogP contribution in [0.25, 0.3) is 0 Å². The second-order valence-corrected chi connectivity index (χ2v) is 6.17. The van der Waals surface area contributed by atoms with Gasteiger partial charge < -0.3 is 4.74 Å². The smallest absolute Gasteiger partial charge is 0.364 e. The Hall–Kier alpha value is -3.20. The summed E-state index contributed by atoms with van der Waals surface area (Å²) in [4.78, 5) is -2.23. The molecule has 0 aliphatic carbocycles. The predicted octanol–water partition coefficient (Wildman–Crippen LogP) is 3.02. The van der Waals surface area contributed by atoms with Gasteiger partial charge in [-0.15, -0.1) is 0 Å². The maximum Gasteiger partial charge on any atom is 0.364 e. The molecule has 2 aromatic rings. The molecule has 12 heteroatoms. The molecule has 0 aliphatic rings. The zero-order valence-corrected chi connectivity index (χ0v) is 14.0. The van der Waals surface area contributed by atoms with Crippen LogP contribution < -0.4 is 4.74 Å². The van der Waals surface area contributed by atoms with E-state index in [2.05, 4.69) is 9.44 Å². The number of halogens is 5. The van der Waals surface area contributed by atoms with Crippen LogP contribution in [-0.4, -0.2) is 21.2 Å². The maximum absolute atomic E-state index is 13.6. The Bertz CT molecular complexity index is 1030. The van der Waals surface area contributed by atoms with E-state index in [0.717, 1.165) is 0 Å². The molecule has 0 N–H and O–H groups in total. The molecule has 0 unspecified atom stereocenters. The monoisotopic (exact) mass is 406 g/mol. The Morgan fingerprint density at radius 3 is 1.89 bits per heavy atom. The normalized spacial score (nSPS) is 11.8. The minimum absolute atomic E-state index is 0.0333. The van der Waals surface area contributed by atoms with Gasteiger partial charge in [-0.3, -0.25) is 4.28 Å². The Kier molecular flexibility index (Phi) is 5.65. The lowest BCUT2D eigenvalue weighted by Gasteiger charge is -2.07. The highest BCUT2D eigenvalue weighted by Gasteiger charge is 2.35. The fourth-order valence-electron chi connectivity index (χ4n) is 1.81. The van der Waals surface area contributed by atoms with Crippen LogP contribution in [0.4, 0.5) is 22.0 Å². The molecule has 0 amide bonds. The van der Waals surface area contributed by atoms with E-state index in [1.54, 1.807) is 0 Å². The van der Waals surface area contributed by atoms with Gasteiger partial charge in [0.05, 0.1) is 7.11 Å². The van der Waals surface area contributed by atoms with E-state index < -0.39 is 49.8 Å². The summed E-state index contributed by atoms with van der Waals surface area (Å²) in [5, 5.41) is 11.9. The number of oxime groups is 1. The summed E-state index contributed by atoms with van der Waals surface area (Å²) in [6, 6.07) is 6.82. The highest BCUT2D eigenvalue weighted by molar-refractivity contribution is 7.86. The summed E-state index contributed by atoms with van der Waals surface area (Å²) in [6.45, 7) is 0. The van der Waals surface area contributed by atoms with E-state index in [-0.39, 0.29) is 5.56 Å². The van der Waals surface area contributed by atoms with Crippen LogP contribution >= 0.6 is 0 Å². The summed E-state index contributed by atoms with van der Waals surface area (Å²) in [5.74, 6) is -12.3. The topological polar surface area (TPSA) is 88.8 Å². The zero-order valence-electron chi connectivity index (χ0n) is 13.1. The van der Waals surface area contributed by atoms with Gasteiger partial charge in [-0.1, -0.05) is 5.16 Å². The number of hydrogen-bond acceptors (Lipinski definition) is 6. The largest absolute Gasteiger partial charge is 0.497 e. The first-order valence-electron chi connectivity index (χ1n) is 6.71. The molecular formula is C15H7F5N2O4S. The Balaban J connectivity index is 2.47. The number of benzene rings is 2. The Labute approximate surface area is 149 Å². The number of nitriles is 1. The van der Waals surface area contributed by atoms with Gasteiger partial charge in [0.2, 0.25) is 5.82 Å². The summed E-state index contributed by atoms with van der Waals surface area (Å²) in [5.41, 5.74) is -0.615. The lowest BCUT2D eigenvalue weighted by Crippen LogP contribution is -2.14. The molecule has 0 fully saturated rings. The lowest BCUT2D eigenvalue weighted by molar-refractivity contribution is 0.318. The molecule has 2 rings (SSSR count). The van der Waals surface area contributed by atoms with Crippen LogP contribution in [0.15, 0.2) is 34.3 Å². The van der Waals surface area contributed by atoms with Gasteiger partial charge in [0.1, 0.15) is 11.8 Å². The standard InChI is InChI=1S/C15H7F5N2O4S/c1-25-8-4-2-7(3-5-8)9(6-21)22-26-27(23,24)15-13(19)11(17)10(16)12(18)14(15)20/h2-5H,1H3. The van der Waals surface area contributed by atoms with E-state index in [4.69, 9.17) is 10.00 Å². The first-order valence-corrected chi connectivity index (χ1v) is 8.12. The minimum atomic E-state index is -5.57. The number of methoxy groups -OCH3 is 1. The molecule has 0 atom stereocenters. The molecule has 2 aromatic carbocycles. The van der Waals surface area contributed by atoms with Crippen LogP contribution in [0.5, 0.6) is 5.75 Å². The molecule has 0 saturated carbocycles. The van der Waals surface area contributed by atoms with E-state index in [0.29, 0.717) is 5.75 Å². The number of rotatable bonds is 5. The molecule has 0 spiro atoms. The molecule has 0 aromatic heterocycles. The van der Waals surface area contributed by atoms with Gasteiger partial charge in [0.25, 0.3) is 0 Å². The van der Waals surface area contributed by atoms with Crippen LogP contribution in [0, 0.1) is 40.4 Å². The number of nitrogens with zero attached hydrogens (tertiary/aromatic N) is 2. The molecule has 6 nitrogen and oxygen atoms in total. The van der Waals surface area contributed by atoms with Crippen molar-refractivity contribution in [2.75, 3.05) is 7.11 Å². The van der Waals surface area contributed by atoms with Crippen LogP contribution in [0.1, 0.15) is 5.56 Å². The highest BCUT2D eigenvalue weighted by Crippen LogP contribution is 2.28. The molecule has 142 valence electrons. The minimum Gasteiger partial charge on any atom is -0.497 e. The summed E-state index contributed by atoms with van der Waals surface area (Å²) in [6.07, 6.45) is 0. The third kappa shape index (κ3) is 3.82. The number of hydrogen-bond donors (Lipinski definition) is 0. The van der Waals surface area contributed by atoms with Gasteiger partial charge in [-0.2, -0.15) is 13.7 Å². The second-order valence-electron chi connectivity index (χ2n) is 4.71. The molecule has 0 radical (unpaired) electrons. The SMILES string of the molecule is COc1ccc(C(C#N)=NOS(=O)(=O)c2c(F)c(F)c(F)c(F)c2F)cc1. The van der Waals surface area contributed by atoms with Crippen molar-refractivity contribution < 1.29 is 39.4 Å². The summed E-state index contributed by atoms with van der Waals surface area (Å²) in [7, 11) is -4.20. The zero-order chi connectivity index (χ0) is 20.4. The van der Waals surface area contributed by atoms with Gasteiger partial charge in [-0.05, 0) is 24.3 Å². The van der Waals surface area contributed by atoms with Crippen molar-refractivity contribution in [2.24, 2.45) is 5.16 Å². The van der Waals surface area contributed by atoms with Gasteiger partial charge >= 0.3 is 10.1 Å². The lowest BCUT2D eigenvalue weighted by atomic mass is 10.1. The fraction of sp³-hybridized carbons (Fsp3) is 0.0667. The summed E-state index contributed by atoms with van der Waals surface area (Å²) >= 11 is 0. The number of ether oxygens (including phenoxy) is 1. The molecular weight excluding hydrogens is 399 g/mol. The fourth-order valence-corrected chi connectivity index (χ4v) is 2.68. The highest BCUT2D eigenvalue weighted by atomic mass is 32.2. The summed E-state index contributed by atoms with van der Waals surface area (Å²) < 4.78 is 99.0. The van der Waals surface area contributed by atoms with E-state index in [1.165, 1.54) is 37.4 Å². The Morgan fingerprint density at radius 2 is 1.44 bits per heavy atom. The van der Waals surface area contributed by atoms with Crippen LogP contribution in [0.3, 0.4) is 0 Å². The van der Waals surface area contributed by atoms with Gasteiger partial charge in [-0.25, -0.2) is 22.0 Å². The first-order chi connectivity index (χ1) is 12.6. The van der Waals surface area contributed by atoms with Crippen molar-refractivity contribution >= 4 is 15.8 Å². The second kappa shape index (κ2) is 7.58. The van der Waals surface area contributed by atoms with Crippen molar-refractivity contribution in [3.8, 4) is 11.8 Å². The van der Waals surface area contributed by atoms with Crippen molar-refractivity contribution in [1.82, 2.24) is 0 Å². The Morgan fingerprint density at radius 1 is 0.963 bits per heavy atom. The third-order valence-electron chi connectivity index (χ3n) is 3.12. The molecule has 27 heavy (non-hydrogen) atoms. The first kappa shape index (κ1) is 20.1. The van der Waals surface area contributed by atoms with E-state index in [1.807, 2.05) is 0 Å². The van der Waals surface area contributed by atoms with Crippen molar-refractivity contribution in [3.05, 3.63) is 58.9 Å². The van der Waals surface area contributed by atoms with E-state index in [9.17, 15) is 30.4 Å².